The maximum absolute atomic E-state index is 5.66. The van der Waals surface area contributed by atoms with Crippen molar-refractivity contribution >= 4 is 0 Å². The van der Waals surface area contributed by atoms with Crippen molar-refractivity contribution in [3.8, 4) is 5.75 Å². The molecule has 0 spiro atoms. The Balaban J connectivity index is 1.85. The monoisotopic (exact) mass is 349 g/mol. The molecule has 0 bridgehead atoms. The molecule has 25 heavy (non-hydrogen) atoms. The Hall–Kier alpha value is -1.82. The molecule has 1 unspecified atom stereocenters. The minimum absolute atomic E-state index is 0.118. The van der Waals surface area contributed by atoms with Crippen LogP contribution < -0.4 is 4.74 Å². The highest BCUT2D eigenvalue weighted by Crippen LogP contribution is 2.36. The average molecular weight is 349 g/mol. The topological polar surface area (TPSA) is 55.7 Å². The van der Waals surface area contributed by atoms with Crippen LogP contribution in [0.5, 0.6) is 5.75 Å². The normalized spacial score (nSPS) is 20.8. The fourth-order valence-corrected chi connectivity index (χ4v) is 3.04. The van der Waals surface area contributed by atoms with Gasteiger partial charge in [-0.05, 0) is 68.9 Å². The molecule has 0 amide bonds. The third-order valence-electron chi connectivity index (χ3n) is 4.59. The van der Waals surface area contributed by atoms with E-state index in [4.69, 9.17) is 14.3 Å². The Morgan fingerprint density at radius 2 is 1.84 bits per heavy atom. The quantitative estimate of drug-likeness (QED) is 0.516. The van der Waals surface area contributed by atoms with Crippen molar-refractivity contribution in [2.45, 2.75) is 57.6 Å². The van der Waals surface area contributed by atoms with E-state index < -0.39 is 0 Å². The summed E-state index contributed by atoms with van der Waals surface area (Å²) < 4.78 is 10.4. The maximum Gasteiger partial charge on any atom is 0.130 e. The standard InChI is InChI=1S/C19H31N3O3/c1-19(2,3)22(12-13-23-4)20-21-25-18-11-8-16(14-18)15-6-9-17(24-5)10-7-15/h6-7,9-10,16,18H,8,11-14H2,1-5H3/b21-20+/t16?,18-/m1/s1. The molecule has 1 aromatic carbocycles. The van der Waals surface area contributed by atoms with Gasteiger partial charge in [-0.2, -0.15) is 0 Å². The zero-order valence-corrected chi connectivity index (χ0v) is 16.1. The van der Waals surface area contributed by atoms with Crippen molar-refractivity contribution in [3.63, 3.8) is 0 Å². The van der Waals surface area contributed by atoms with Crippen LogP contribution in [0.25, 0.3) is 0 Å². The number of hydrogen-bond acceptors (Lipinski definition) is 5. The zero-order chi connectivity index (χ0) is 18.3. The van der Waals surface area contributed by atoms with E-state index in [1.54, 1.807) is 14.2 Å². The lowest BCUT2D eigenvalue weighted by Crippen LogP contribution is -2.39. The third-order valence-corrected chi connectivity index (χ3v) is 4.59. The summed E-state index contributed by atoms with van der Waals surface area (Å²) in [6.45, 7) is 7.58. The van der Waals surface area contributed by atoms with E-state index in [-0.39, 0.29) is 11.6 Å². The average Bonchev–Trinajstić information content (AvgIpc) is 3.05. The van der Waals surface area contributed by atoms with Gasteiger partial charge in [0.05, 0.1) is 25.8 Å². The Morgan fingerprint density at radius 3 is 2.44 bits per heavy atom. The van der Waals surface area contributed by atoms with Crippen LogP contribution in [0.3, 0.4) is 0 Å². The smallest absolute Gasteiger partial charge is 0.130 e. The van der Waals surface area contributed by atoms with E-state index in [2.05, 4.69) is 43.4 Å². The van der Waals surface area contributed by atoms with Gasteiger partial charge in [0.1, 0.15) is 11.9 Å². The van der Waals surface area contributed by atoms with Gasteiger partial charge in [0.25, 0.3) is 0 Å². The van der Waals surface area contributed by atoms with Crippen LogP contribution in [-0.4, -0.2) is 44.0 Å². The fraction of sp³-hybridized carbons (Fsp3) is 0.684. The van der Waals surface area contributed by atoms with E-state index in [9.17, 15) is 0 Å². The van der Waals surface area contributed by atoms with Crippen molar-refractivity contribution in [1.82, 2.24) is 5.01 Å². The highest BCUT2D eigenvalue weighted by molar-refractivity contribution is 5.29. The molecule has 0 saturated heterocycles. The van der Waals surface area contributed by atoms with E-state index in [0.717, 1.165) is 25.0 Å². The first-order chi connectivity index (χ1) is 11.9. The predicted molar refractivity (Wildman–Crippen MR) is 97.7 cm³/mol. The molecular weight excluding hydrogens is 318 g/mol. The van der Waals surface area contributed by atoms with Gasteiger partial charge < -0.3 is 14.3 Å². The van der Waals surface area contributed by atoms with Crippen molar-refractivity contribution in [3.05, 3.63) is 29.8 Å². The van der Waals surface area contributed by atoms with Crippen molar-refractivity contribution in [2.24, 2.45) is 10.5 Å². The van der Waals surface area contributed by atoms with Crippen LogP contribution in [0.1, 0.15) is 51.5 Å². The van der Waals surface area contributed by atoms with E-state index >= 15 is 0 Å². The first-order valence-electron chi connectivity index (χ1n) is 8.91. The van der Waals surface area contributed by atoms with Crippen LogP contribution in [0.15, 0.2) is 34.8 Å². The molecule has 1 saturated carbocycles. The third kappa shape index (κ3) is 5.88. The van der Waals surface area contributed by atoms with Crippen LogP contribution in [-0.2, 0) is 9.57 Å². The minimum Gasteiger partial charge on any atom is -0.497 e. The second kappa shape index (κ2) is 9.04. The summed E-state index contributed by atoms with van der Waals surface area (Å²) in [5.41, 5.74) is 1.22. The SMILES string of the molecule is COCCN(/N=N/O[C@@H]1CCC(c2ccc(OC)cc2)C1)C(C)(C)C. The molecule has 140 valence electrons. The molecule has 1 aliphatic carbocycles. The van der Waals surface area contributed by atoms with Crippen molar-refractivity contribution in [1.29, 1.82) is 0 Å². The zero-order valence-electron chi connectivity index (χ0n) is 16.1. The van der Waals surface area contributed by atoms with Gasteiger partial charge in [-0.25, -0.2) is 0 Å². The minimum atomic E-state index is -0.118. The summed E-state index contributed by atoms with van der Waals surface area (Å²) in [6, 6.07) is 8.30. The highest BCUT2D eigenvalue weighted by Gasteiger charge is 2.28. The Labute approximate surface area is 151 Å². The van der Waals surface area contributed by atoms with Gasteiger partial charge in [0.2, 0.25) is 0 Å². The molecule has 1 aliphatic rings. The van der Waals surface area contributed by atoms with E-state index in [1.807, 2.05) is 17.1 Å². The van der Waals surface area contributed by atoms with Gasteiger partial charge in [-0.3, -0.25) is 5.01 Å². The molecule has 0 radical (unpaired) electrons. The van der Waals surface area contributed by atoms with Crippen molar-refractivity contribution < 1.29 is 14.3 Å². The van der Waals surface area contributed by atoms with Crippen molar-refractivity contribution in [2.75, 3.05) is 27.4 Å². The number of ether oxygens (including phenoxy) is 2. The molecule has 0 heterocycles. The number of hydrogen-bond donors (Lipinski definition) is 0. The molecular formula is C19H31N3O3. The van der Waals surface area contributed by atoms with Crippen LogP contribution in [0, 0.1) is 0 Å². The summed E-state index contributed by atoms with van der Waals surface area (Å²) in [6.07, 6.45) is 3.21. The Kier molecular flexibility index (Phi) is 7.05. The molecule has 1 aromatic rings. The summed E-state index contributed by atoms with van der Waals surface area (Å²) >= 11 is 0. The molecule has 6 nitrogen and oxygen atoms in total. The second-order valence-electron chi connectivity index (χ2n) is 7.47. The van der Waals surface area contributed by atoms with E-state index in [1.165, 1.54) is 5.56 Å². The second-order valence-corrected chi connectivity index (χ2v) is 7.47. The molecule has 1 fully saturated rings. The molecule has 2 atom stereocenters. The summed E-state index contributed by atoms with van der Waals surface area (Å²) in [5, 5.41) is 10.2. The van der Waals surface area contributed by atoms with Gasteiger partial charge in [0.15, 0.2) is 0 Å². The lowest BCUT2D eigenvalue weighted by molar-refractivity contribution is 0.00704. The lowest BCUT2D eigenvalue weighted by atomic mass is 9.98. The van der Waals surface area contributed by atoms with Crippen LogP contribution in [0.4, 0.5) is 0 Å². The van der Waals surface area contributed by atoms with E-state index in [0.29, 0.717) is 19.1 Å². The molecule has 0 aromatic heterocycles. The summed E-state index contributed by atoms with van der Waals surface area (Å²) in [7, 11) is 3.37. The maximum atomic E-state index is 5.66. The fourth-order valence-electron chi connectivity index (χ4n) is 3.04. The van der Waals surface area contributed by atoms with Gasteiger partial charge in [-0.1, -0.05) is 12.1 Å². The lowest BCUT2D eigenvalue weighted by Gasteiger charge is -2.31. The highest BCUT2D eigenvalue weighted by atomic mass is 16.7. The van der Waals surface area contributed by atoms with Crippen LogP contribution >= 0.6 is 0 Å². The largest absolute Gasteiger partial charge is 0.497 e. The number of rotatable bonds is 8. The first kappa shape index (κ1) is 19.5. The van der Waals surface area contributed by atoms with Crippen LogP contribution in [0.2, 0.25) is 0 Å². The first-order valence-corrected chi connectivity index (χ1v) is 8.91. The predicted octanol–water partition coefficient (Wildman–Crippen LogP) is 4.38. The molecule has 6 heteroatoms. The summed E-state index contributed by atoms with van der Waals surface area (Å²) in [4.78, 5) is 5.66. The summed E-state index contributed by atoms with van der Waals surface area (Å²) in [5.74, 6) is 1.40. The Morgan fingerprint density at radius 1 is 1.12 bits per heavy atom. The molecule has 0 N–H and O–H groups in total. The van der Waals surface area contributed by atoms with Gasteiger partial charge in [-0.15, -0.1) is 0 Å². The number of nitrogens with zero attached hydrogens (tertiary/aromatic N) is 3. The molecule has 2 rings (SSSR count). The number of methoxy groups -OCH3 is 2. The van der Waals surface area contributed by atoms with Gasteiger partial charge >= 0.3 is 0 Å². The molecule has 0 aliphatic heterocycles. The van der Waals surface area contributed by atoms with Gasteiger partial charge in [0, 0.05) is 12.4 Å². The Bertz CT molecular complexity index is 540. The number of benzene rings is 1.